The van der Waals surface area contributed by atoms with Crippen molar-refractivity contribution in [2.24, 2.45) is 11.3 Å². The molecule has 1 aliphatic carbocycles. The fourth-order valence-electron chi connectivity index (χ4n) is 2.80. The van der Waals surface area contributed by atoms with E-state index in [2.05, 4.69) is 13.8 Å². The van der Waals surface area contributed by atoms with Crippen LogP contribution in [-0.4, -0.2) is 5.78 Å². The highest BCUT2D eigenvalue weighted by molar-refractivity contribution is 5.82. The summed E-state index contributed by atoms with van der Waals surface area (Å²) in [5.74, 6) is 1.66. The van der Waals surface area contributed by atoms with Gasteiger partial charge >= 0.3 is 0 Å². The number of aryl methyl sites for hydroxylation is 1. The molecule has 0 amide bonds. The number of hydrogen-bond acceptors (Lipinski definition) is 2. The Morgan fingerprint density at radius 3 is 2.94 bits per heavy atom. The van der Waals surface area contributed by atoms with Crippen LogP contribution in [0.25, 0.3) is 0 Å². The molecule has 2 rings (SSSR count). The zero-order valence-electron chi connectivity index (χ0n) is 10.2. The Labute approximate surface area is 97.0 Å². The number of furan rings is 1. The normalized spacial score (nSPS) is 24.6. The van der Waals surface area contributed by atoms with Crippen LogP contribution >= 0.6 is 0 Å². The highest BCUT2D eigenvalue weighted by Crippen LogP contribution is 2.40. The molecule has 88 valence electrons. The first-order chi connectivity index (χ1) is 7.59. The third kappa shape index (κ3) is 2.37. The van der Waals surface area contributed by atoms with Gasteiger partial charge in [0.05, 0.1) is 6.26 Å². The van der Waals surface area contributed by atoms with E-state index in [1.165, 1.54) is 6.42 Å². The summed E-state index contributed by atoms with van der Waals surface area (Å²) in [6, 6.07) is 3.89. The fraction of sp³-hybridized carbons (Fsp3) is 0.643. The smallest absolute Gasteiger partial charge is 0.136 e. The third-order valence-corrected chi connectivity index (χ3v) is 3.84. The zero-order valence-corrected chi connectivity index (χ0v) is 10.2. The number of hydrogen-bond donors (Lipinski definition) is 0. The fourth-order valence-corrected chi connectivity index (χ4v) is 2.80. The quantitative estimate of drug-likeness (QED) is 0.779. The second-order valence-corrected chi connectivity index (χ2v) is 5.48. The van der Waals surface area contributed by atoms with E-state index in [9.17, 15) is 4.79 Å². The highest BCUT2D eigenvalue weighted by Gasteiger charge is 2.37. The maximum atomic E-state index is 11.9. The lowest BCUT2D eigenvalue weighted by Gasteiger charge is -2.37. The molecule has 1 heterocycles. The molecule has 2 heteroatoms. The van der Waals surface area contributed by atoms with Crippen molar-refractivity contribution in [3.05, 3.63) is 24.2 Å². The lowest BCUT2D eigenvalue weighted by atomic mass is 9.66. The van der Waals surface area contributed by atoms with Crippen LogP contribution in [0, 0.1) is 11.3 Å². The van der Waals surface area contributed by atoms with Crippen LogP contribution in [0.15, 0.2) is 22.8 Å². The molecule has 1 aliphatic rings. The zero-order chi connectivity index (χ0) is 11.6. The summed E-state index contributed by atoms with van der Waals surface area (Å²) in [7, 11) is 0. The molecule has 1 aromatic rings. The van der Waals surface area contributed by atoms with Crippen LogP contribution in [-0.2, 0) is 11.2 Å². The number of Topliss-reactive ketones (excluding diaryl/α,β-unsaturated/α-hetero) is 1. The maximum absolute atomic E-state index is 11.9. The molecule has 0 radical (unpaired) electrons. The van der Waals surface area contributed by atoms with Crippen molar-refractivity contribution in [1.82, 2.24) is 0 Å². The van der Waals surface area contributed by atoms with Crippen molar-refractivity contribution in [3.8, 4) is 0 Å². The van der Waals surface area contributed by atoms with Gasteiger partial charge in [-0.1, -0.05) is 13.8 Å². The molecule has 0 bridgehead atoms. The number of ketones is 1. The molecule has 0 spiro atoms. The minimum Gasteiger partial charge on any atom is -0.469 e. The average molecular weight is 220 g/mol. The maximum Gasteiger partial charge on any atom is 0.136 e. The molecule has 1 atom stereocenters. The number of carbonyl (C=O) groups excluding carboxylic acids is 1. The molecular weight excluding hydrogens is 200 g/mol. The van der Waals surface area contributed by atoms with E-state index < -0.39 is 0 Å². The van der Waals surface area contributed by atoms with E-state index in [1.54, 1.807) is 6.26 Å². The summed E-state index contributed by atoms with van der Waals surface area (Å²) in [5.41, 5.74) is 0.169. The molecule has 0 aromatic carbocycles. The topological polar surface area (TPSA) is 30.2 Å². The van der Waals surface area contributed by atoms with E-state index in [0.717, 1.165) is 31.4 Å². The molecule has 1 unspecified atom stereocenters. The first kappa shape index (κ1) is 11.4. The monoisotopic (exact) mass is 220 g/mol. The summed E-state index contributed by atoms with van der Waals surface area (Å²) in [6.45, 7) is 4.44. The predicted octanol–water partition coefficient (Wildman–Crippen LogP) is 3.61. The molecule has 0 aliphatic heterocycles. The van der Waals surface area contributed by atoms with E-state index in [1.807, 2.05) is 12.1 Å². The summed E-state index contributed by atoms with van der Waals surface area (Å²) < 4.78 is 5.32. The Balaban J connectivity index is 1.98. The lowest BCUT2D eigenvalue weighted by Crippen LogP contribution is -2.35. The molecule has 16 heavy (non-hydrogen) atoms. The summed E-state index contributed by atoms with van der Waals surface area (Å²) >= 11 is 0. The van der Waals surface area contributed by atoms with Gasteiger partial charge in [-0.25, -0.2) is 0 Å². The molecule has 1 fully saturated rings. The molecular formula is C14H20O2. The van der Waals surface area contributed by atoms with Crippen LogP contribution in [0.3, 0.4) is 0 Å². The van der Waals surface area contributed by atoms with Gasteiger partial charge in [-0.15, -0.1) is 0 Å². The first-order valence-corrected chi connectivity index (χ1v) is 6.15. The van der Waals surface area contributed by atoms with Crippen molar-refractivity contribution in [2.75, 3.05) is 0 Å². The van der Waals surface area contributed by atoms with Gasteiger partial charge in [0.25, 0.3) is 0 Å². The van der Waals surface area contributed by atoms with Gasteiger partial charge in [-0.05, 0) is 36.8 Å². The molecule has 2 nitrogen and oxygen atoms in total. The Morgan fingerprint density at radius 2 is 2.31 bits per heavy atom. The first-order valence-electron chi connectivity index (χ1n) is 6.15. The molecule has 0 N–H and O–H groups in total. The minimum atomic E-state index is 0.169. The largest absolute Gasteiger partial charge is 0.469 e. The highest BCUT2D eigenvalue weighted by atomic mass is 16.3. The third-order valence-electron chi connectivity index (χ3n) is 3.84. The lowest BCUT2D eigenvalue weighted by molar-refractivity contribution is -0.129. The van der Waals surface area contributed by atoms with Gasteiger partial charge in [0.1, 0.15) is 11.5 Å². The van der Waals surface area contributed by atoms with Crippen molar-refractivity contribution in [2.45, 2.75) is 46.0 Å². The van der Waals surface area contributed by atoms with E-state index in [4.69, 9.17) is 4.42 Å². The van der Waals surface area contributed by atoms with E-state index >= 15 is 0 Å². The van der Waals surface area contributed by atoms with Gasteiger partial charge in [0, 0.05) is 18.8 Å². The second kappa shape index (κ2) is 4.44. The molecule has 1 aromatic heterocycles. The van der Waals surface area contributed by atoms with Gasteiger partial charge in [0.15, 0.2) is 0 Å². The standard InChI is InChI=1S/C14H20O2/c1-14(2)9-3-6-13(15)12(14)8-7-11-5-4-10-16-11/h4-5,10,12H,3,6-9H2,1-2H3. The Bertz CT molecular complexity index is 349. The van der Waals surface area contributed by atoms with Gasteiger partial charge in [0.2, 0.25) is 0 Å². The summed E-state index contributed by atoms with van der Waals surface area (Å²) in [4.78, 5) is 11.9. The van der Waals surface area contributed by atoms with Crippen LogP contribution in [0.2, 0.25) is 0 Å². The SMILES string of the molecule is CC1(C)CCCC(=O)C1CCc1ccco1. The van der Waals surface area contributed by atoms with Crippen molar-refractivity contribution in [1.29, 1.82) is 0 Å². The van der Waals surface area contributed by atoms with Gasteiger partial charge in [-0.3, -0.25) is 4.79 Å². The minimum absolute atomic E-state index is 0.169. The Kier molecular flexibility index (Phi) is 3.17. The van der Waals surface area contributed by atoms with E-state index in [-0.39, 0.29) is 11.3 Å². The molecule has 0 saturated heterocycles. The average Bonchev–Trinajstić information content (AvgIpc) is 2.68. The van der Waals surface area contributed by atoms with Crippen molar-refractivity contribution >= 4 is 5.78 Å². The number of carbonyl (C=O) groups is 1. The van der Waals surface area contributed by atoms with Crippen molar-refractivity contribution in [3.63, 3.8) is 0 Å². The second-order valence-electron chi connectivity index (χ2n) is 5.48. The van der Waals surface area contributed by atoms with Crippen LogP contribution in [0.4, 0.5) is 0 Å². The molecule has 1 saturated carbocycles. The van der Waals surface area contributed by atoms with E-state index in [0.29, 0.717) is 5.78 Å². The van der Waals surface area contributed by atoms with Gasteiger partial charge in [-0.2, -0.15) is 0 Å². The summed E-state index contributed by atoms with van der Waals surface area (Å²) in [5, 5.41) is 0. The van der Waals surface area contributed by atoms with Crippen LogP contribution in [0.1, 0.15) is 45.3 Å². The summed E-state index contributed by atoms with van der Waals surface area (Å²) in [6.07, 6.45) is 6.51. The van der Waals surface area contributed by atoms with Gasteiger partial charge < -0.3 is 4.42 Å². The number of rotatable bonds is 3. The Hall–Kier alpha value is -1.05. The predicted molar refractivity (Wildman–Crippen MR) is 63.2 cm³/mol. The van der Waals surface area contributed by atoms with Crippen molar-refractivity contribution < 1.29 is 9.21 Å². The van der Waals surface area contributed by atoms with Crippen LogP contribution < -0.4 is 0 Å². The Morgan fingerprint density at radius 1 is 1.50 bits per heavy atom. The van der Waals surface area contributed by atoms with Crippen LogP contribution in [0.5, 0.6) is 0 Å².